The van der Waals surface area contributed by atoms with Crippen molar-refractivity contribution in [1.29, 1.82) is 0 Å². The average Bonchev–Trinajstić information content (AvgIpc) is 2.79. The fourth-order valence-corrected chi connectivity index (χ4v) is 5.01. The van der Waals surface area contributed by atoms with Gasteiger partial charge in [0.1, 0.15) is 6.04 Å². The van der Waals surface area contributed by atoms with Crippen LogP contribution in [0, 0.1) is 13.8 Å². The van der Waals surface area contributed by atoms with Crippen LogP contribution in [-0.2, 0) is 19.6 Å². The molecule has 8 heteroatoms. The van der Waals surface area contributed by atoms with E-state index in [1.165, 1.54) is 10.4 Å². The molecule has 170 valence electrons. The molecule has 1 aliphatic heterocycles. The molecule has 2 aromatic carbocycles. The first-order valence-electron chi connectivity index (χ1n) is 10.6. The number of nitrogens with one attached hydrogen (secondary N) is 1. The number of amides is 2. The first kappa shape index (κ1) is 23.7. The summed E-state index contributed by atoms with van der Waals surface area (Å²) in [7, 11) is -3.61. The molecule has 7 nitrogen and oxygen atoms in total. The molecule has 0 spiro atoms. The molecule has 0 aromatic heterocycles. The summed E-state index contributed by atoms with van der Waals surface area (Å²) in [5.74, 6) is -0.583. The summed E-state index contributed by atoms with van der Waals surface area (Å²) in [6.07, 6.45) is 3.08. The number of rotatable bonds is 6. The smallest absolute Gasteiger partial charge is 0.244 e. The number of carbonyl (C=O) groups is 2. The van der Waals surface area contributed by atoms with E-state index in [0.717, 1.165) is 16.7 Å². The summed E-state index contributed by atoms with van der Waals surface area (Å²) in [5.41, 5.74) is 2.85. The Hall–Kier alpha value is -2.97. The molecule has 32 heavy (non-hydrogen) atoms. The highest BCUT2D eigenvalue weighted by Crippen LogP contribution is 2.20. The van der Waals surface area contributed by atoms with Crippen LogP contribution in [0.25, 0.3) is 6.08 Å². The van der Waals surface area contributed by atoms with Gasteiger partial charge in [-0.2, -0.15) is 4.31 Å². The molecular weight excluding hydrogens is 426 g/mol. The minimum Gasteiger partial charge on any atom is -0.341 e. The normalized spacial score (nSPS) is 16.2. The molecule has 1 fully saturated rings. The van der Waals surface area contributed by atoms with Crippen molar-refractivity contribution in [2.45, 2.75) is 31.7 Å². The Balaban J connectivity index is 1.54. The van der Waals surface area contributed by atoms with Gasteiger partial charge in [0.2, 0.25) is 21.8 Å². The lowest BCUT2D eigenvalue weighted by Gasteiger charge is -2.35. The zero-order valence-corrected chi connectivity index (χ0v) is 19.4. The first-order chi connectivity index (χ1) is 15.2. The average molecular weight is 456 g/mol. The molecule has 2 aromatic rings. The maximum Gasteiger partial charge on any atom is 0.244 e. The van der Waals surface area contributed by atoms with Gasteiger partial charge < -0.3 is 10.2 Å². The van der Waals surface area contributed by atoms with E-state index in [9.17, 15) is 18.0 Å². The Bertz CT molecular complexity index is 1110. The van der Waals surface area contributed by atoms with Crippen LogP contribution in [0.15, 0.2) is 59.5 Å². The van der Waals surface area contributed by atoms with E-state index in [1.54, 1.807) is 36.1 Å². The van der Waals surface area contributed by atoms with Crippen molar-refractivity contribution in [2.75, 3.05) is 26.2 Å². The summed E-state index contributed by atoms with van der Waals surface area (Å²) in [5, 5.41) is 2.68. The van der Waals surface area contributed by atoms with Crippen molar-refractivity contribution in [3.8, 4) is 0 Å². The van der Waals surface area contributed by atoms with Crippen LogP contribution in [0.1, 0.15) is 23.6 Å². The van der Waals surface area contributed by atoms with Crippen LogP contribution >= 0.6 is 0 Å². The van der Waals surface area contributed by atoms with Gasteiger partial charge >= 0.3 is 0 Å². The summed E-state index contributed by atoms with van der Waals surface area (Å²) in [6, 6.07) is 13.8. The van der Waals surface area contributed by atoms with E-state index >= 15 is 0 Å². The Morgan fingerprint density at radius 2 is 1.62 bits per heavy atom. The van der Waals surface area contributed by atoms with Gasteiger partial charge in [0.15, 0.2) is 0 Å². The number of aryl methyl sites for hydroxylation is 2. The van der Waals surface area contributed by atoms with Crippen LogP contribution in [0.3, 0.4) is 0 Å². The van der Waals surface area contributed by atoms with Crippen LogP contribution in [0.4, 0.5) is 0 Å². The molecule has 1 heterocycles. The van der Waals surface area contributed by atoms with Gasteiger partial charge in [-0.3, -0.25) is 9.59 Å². The fourth-order valence-electron chi connectivity index (χ4n) is 3.51. The zero-order chi connectivity index (χ0) is 23.3. The van der Waals surface area contributed by atoms with E-state index in [1.807, 2.05) is 44.2 Å². The Kier molecular flexibility index (Phi) is 7.48. The second-order valence-corrected chi connectivity index (χ2v) is 9.89. The topological polar surface area (TPSA) is 86.8 Å². The van der Waals surface area contributed by atoms with Gasteiger partial charge in [-0.05, 0) is 55.7 Å². The predicted octanol–water partition coefficient (Wildman–Crippen LogP) is 2.35. The van der Waals surface area contributed by atoms with Crippen molar-refractivity contribution >= 4 is 27.9 Å². The molecule has 1 atom stereocenters. The largest absolute Gasteiger partial charge is 0.341 e. The van der Waals surface area contributed by atoms with Gasteiger partial charge in [-0.15, -0.1) is 0 Å². The molecule has 1 unspecified atom stereocenters. The second kappa shape index (κ2) is 10.1. The summed E-state index contributed by atoms with van der Waals surface area (Å²) in [6.45, 7) is 6.45. The van der Waals surface area contributed by atoms with Gasteiger partial charge in [0, 0.05) is 32.3 Å². The number of nitrogens with zero attached hydrogens (tertiary/aromatic N) is 2. The lowest BCUT2D eigenvalue weighted by Crippen LogP contribution is -2.54. The van der Waals surface area contributed by atoms with Crippen molar-refractivity contribution in [3.63, 3.8) is 0 Å². The molecule has 2 amide bonds. The van der Waals surface area contributed by atoms with E-state index in [0.29, 0.717) is 0 Å². The molecule has 0 saturated carbocycles. The van der Waals surface area contributed by atoms with Gasteiger partial charge in [0.25, 0.3) is 0 Å². The standard InChI is InChI=1S/C24H29N3O4S/c1-18-9-11-22(17-19(18)2)32(30,31)27-15-13-26(14-16-27)24(29)20(3)25-23(28)12-10-21-7-5-4-6-8-21/h4-12,17,20H,13-16H2,1-3H3,(H,25,28)/b12-10+. The number of hydrogen-bond donors (Lipinski definition) is 1. The number of benzene rings is 2. The lowest BCUT2D eigenvalue weighted by molar-refractivity contribution is -0.136. The highest BCUT2D eigenvalue weighted by molar-refractivity contribution is 7.89. The monoisotopic (exact) mass is 455 g/mol. The molecular formula is C24H29N3O4S. The molecule has 0 bridgehead atoms. The Morgan fingerprint density at radius 3 is 2.25 bits per heavy atom. The molecule has 1 saturated heterocycles. The highest BCUT2D eigenvalue weighted by atomic mass is 32.2. The summed E-state index contributed by atoms with van der Waals surface area (Å²) < 4.78 is 27.3. The van der Waals surface area contributed by atoms with Crippen LogP contribution in [0.2, 0.25) is 0 Å². The molecule has 1 aliphatic rings. The van der Waals surface area contributed by atoms with Crippen LogP contribution in [-0.4, -0.2) is 61.7 Å². The van der Waals surface area contributed by atoms with E-state index < -0.39 is 16.1 Å². The van der Waals surface area contributed by atoms with Crippen molar-refractivity contribution < 1.29 is 18.0 Å². The lowest BCUT2D eigenvalue weighted by atomic mass is 10.1. The molecule has 3 rings (SSSR count). The summed E-state index contributed by atoms with van der Waals surface area (Å²) in [4.78, 5) is 26.8. The van der Waals surface area contributed by atoms with E-state index in [4.69, 9.17) is 0 Å². The van der Waals surface area contributed by atoms with Crippen LogP contribution in [0.5, 0.6) is 0 Å². The zero-order valence-electron chi connectivity index (χ0n) is 18.6. The quantitative estimate of drug-likeness (QED) is 0.678. The number of sulfonamides is 1. The fraction of sp³-hybridized carbons (Fsp3) is 0.333. The Morgan fingerprint density at radius 1 is 0.969 bits per heavy atom. The molecule has 0 radical (unpaired) electrons. The third kappa shape index (κ3) is 5.63. The number of piperazine rings is 1. The predicted molar refractivity (Wildman–Crippen MR) is 124 cm³/mol. The van der Waals surface area contributed by atoms with Gasteiger partial charge in [0.05, 0.1) is 4.90 Å². The third-order valence-electron chi connectivity index (χ3n) is 5.62. The third-order valence-corrected chi connectivity index (χ3v) is 7.52. The summed E-state index contributed by atoms with van der Waals surface area (Å²) >= 11 is 0. The van der Waals surface area contributed by atoms with E-state index in [2.05, 4.69) is 5.32 Å². The maximum atomic E-state index is 13.0. The minimum absolute atomic E-state index is 0.218. The van der Waals surface area contributed by atoms with Gasteiger partial charge in [-0.25, -0.2) is 8.42 Å². The first-order valence-corrected chi connectivity index (χ1v) is 12.0. The molecule has 0 aliphatic carbocycles. The molecule has 1 N–H and O–H groups in total. The van der Waals surface area contributed by atoms with Crippen molar-refractivity contribution in [3.05, 3.63) is 71.3 Å². The highest BCUT2D eigenvalue weighted by Gasteiger charge is 2.31. The Labute approximate surface area is 189 Å². The van der Waals surface area contributed by atoms with Crippen LogP contribution < -0.4 is 5.32 Å². The van der Waals surface area contributed by atoms with Crippen molar-refractivity contribution in [2.24, 2.45) is 0 Å². The maximum absolute atomic E-state index is 13.0. The minimum atomic E-state index is -3.61. The van der Waals surface area contributed by atoms with E-state index in [-0.39, 0.29) is 42.9 Å². The van der Waals surface area contributed by atoms with Gasteiger partial charge in [-0.1, -0.05) is 36.4 Å². The number of carbonyl (C=O) groups excluding carboxylic acids is 2. The number of hydrogen-bond acceptors (Lipinski definition) is 4. The SMILES string of the molecule is Cc1ccc(S(=O)(=O)N2CCN(C(=O)C(C)NC(=O)/C=C/c3ccccc3)CC2)cc1C. The van der Waals surface area contributed by atoms with Crippen molar-refractivity contribution in [1.82, 2.24) is 14.5 Å². The second-order valence-electron chi connectivity index (χ2n) is 7.95.